The lowest BCUT2D eigenvalue weighted by molar-refractivity contribution is 0.0695. The summed E-state index contributed by atoms with van der Waals surface area (Å²) in [6.45, 7) is 8.46. The van der Waals surface area contributed by atoms with Gasteiger partial charge in [-0.25, -0.2) is 9.78 Å². The number of carboxylic acid groups (broad SMARTS) is 1. The van der Waals surface area contributed by atoms with Crippen LogP contribution < -0.4 is 4.74 Å². The first-order valence-electron chi connectivity index (χ1n) is 6.69. The Balaban J connectivity index is 2.12. The van der Waals surface area contributed by atoms with E-state index in [2.05, 4.69) is 25.8 Å². The van der Waals surface area contributed by atoms with Gasteiger partial charge in [-0.1, -0.05) is 26.8 Å². The molecular formula is C16H19NO3S. The van der Waals surface area contributed by atoms with Gasteiger partial charge in [-0.2, -0.15) is 0 Å². The third-order valence-corrected chi connectivity index (χ3v) is 4.01. The van der Waals surface area contributed by atoms with E-state index in [9.17, 15) is 4.79 Å². The minimum Gasteiger partial charge on any atom is -0.486 e. The maximum Gasteiger partial charge on any atom is 0.336 e. The molecule has 0 aliphatic heterocycles. The second kappa shape index (κ2) is 5.85. The van der Waals surface area contributed by atoms with Crippen LogP contribution in [-0.2, 0) is 12.0 Å². The number of benzene rings is 1. The first kappa shape index (κ1) is 15.5. The summed E-state index contributed by atoms with van der Waals surface area (Å²) >= 11 is 1.56. The Morgan fingerprint density at radius 1 is 1.38 bits per heavy atom. The zero-order chi connectivity index (χ0) is 15.6. The zero-order valence-electron chi connectivity index (χ0n) is 12.6. The van der Waals surface area contributed by atoms with Gasteiger partial charge < -0.3 is 9.84 Å². The molecule has 0 aliphatic carbocycles. The topological polar surface area (TPSA) is 59.4 Å². The van der Waals surface area contributed by atoms with Crippen LogP contribution in [0.15, 0.2) is 23.6 Å². The van der Waals surface area contributed by atoms with Crippen LogP contribution >= 0.6 is 11.3 Å². The van der Waals surface area contributed by atoms with E-state index < -0.39 is 5.97 Å². The monoisotopic (exact) mass is 305 g/mol. The predicted octanol–water partition coefficient (Wildman–Crippen LogP) is 4.03. The lowest BCUT2D eigenvalue weighted by atomic mass is 9.93. The lowest BCUT2D eigenvalue weighted by Gasteiger charge is -2.14. The van der Waals surface area contributed by atoms with Crippen molar-refractivity contribution in [3.05, 3.63) is 45.4 Å². The number of hydrogen-bond donors (Lipinski definition) is 1. The van der Waals surface area contributed by atoms with Gasteiger partial charge in [0.15, 0.2) is 0 Å². The minimum atomic E-state index is -0.942. The van der Waals surface area contributed by atoms with Crippen molar-refractivity contribution in [3.63, 3.8) is 0 Å². The molecule has 0 spiro atoms. The van der Waals surface area contributed by atoms with Gasteiger partial charge in [-0.15, -0.1) is 11.3 Å². The lowest BCUT2D eigenvalue weighted by Crippen LogP contribution is -2.11. The molecule has 0 radical (unpaired) electrons. The Hall–Kier alpha value is -1.88. The molecular weight excluding hydrogens is 286 g/mol. The summed E-state index contributed by atoms with van der Waals surface area (Å²) in [6, 6.07) is 5.04. The highest BCUT2D eigenvalue weighted by atomic mass is 32.1. The van der Waals surface area contributed by atoms with Gasteiger partial charge in [0.2, 0.25) is 0 Å². The number of ether oxygens (including phenoxy) is 1. The van der Waals surface area contributed by atoms with E-state index in [-0.39, 0.29) is 11.0 Å². The van der Waals surface area contributed by atoms with Gasteiger partial charge >= 0.3 is 5.97 Å². The molecule has 4 nitrogen and oxygen atoms in total. The van der Waals surface area contributed by atoms with Gasteiger partial charge in [-0.3, -0.25) is 0 Å². The Morgan fingerprint density at radius 3 is 2.67 bits per heavy atom. The molecule has 1 aromatic carbocycles. The van der Waals surface area contributed by atoms with E-state index in [1.807, 2.05) is 5.38 Å². The molecule has 0 fully saturated rings. The molecule has 1 aromatic heterocycles. The highest BCUT2D eigenvalue weighted by Gasteiger charge is 2.18. The molecule has 0 atom stereocenters. The predicted molar refractivity (Wildman–Crippen MR) is 83.3 cm³/mol. The number of aromatic carboxylic acids is 1. The first-order chi connectivity index (χ1) is 9.79. The van der Waals surface area contributed by atoms with Crippen LogP contribution in [0.5, 0.6) is 5.75 Å². The second-order valence-electron chi connectivity index (χ2n) is 5.90. The number of hydrogen-bond acceptors (Lipinski definition) is 4. The molecule has 0 aliphatic rings. The fourth-order valence-corrected chi connectivity index (χ4v) is 2.80. The molecule has 0 bridgehead atoms. The van der Waals surface area contributed by atoms with Crippen LogP contribution in [0.4, 0.5) is 0 Å². The molecule has 1 N–H and O–H groups in total. The third-order valence-electron chi connectivity index (χ3n) is 3.19. The summed E-state index contributed by atoms with van der Waals surface area (Å²) in [5, 5.41) is 12.0. The standard InChI is InChI=1S/C16H19NO3S/c1-10-11(15(18)19)6-5-7-12(10)20-8-14-17-13(9-21-14)16(2,3)4/h5-7,9H,8H2,1-4H3,(H,18,19). The van der Waals surface area contributed by atoms with Crippen molar-refractivity contribution in [1.82, 2.24) is 4.98 Å². The summed E-state index contributed by atoms with van der Waals surface area (Å²) in [6.07, 6.45) is 0. The third kappa shape index (κ3) is 3.61. The summed E-state index contributed by atoms with van der Waals surface area (Å²) in [5.74, 6) is -0.357. The number of carboxylic acids is 1. The molecule has 0 saturated heterocycles. The summed E-state index contributed by atoms with van der Waals surface area (Å²) in [4.78, 5) is 15.7. The van der Waals surface area contributed by atoms with Gasteiger partial charge in [0, 0.05) is 16.4 Å². The van der Waals surface area contributed by atoms with Gasteiger partial charge in [0.05, 0.1) is 11.3 Å². The van der Waals surface area contributed by atoms with E-state index in [4.69, 9.17) is 9.84 Å². The molecule has 2 aromatic rings. The summed E-state index contributed by atoms with van der Waals surface area (Å²) < 4.78 is 5.72. The van der Waals surface area contributed by atoms with Crippen molar-refractivity contribution >= 4 is 17.3 Å². The van der Waals surface area contributed by atoms with E-state index >= 15 is 0 Å². The van der Waals surface area contributed by atoms with Crippen molar-refractivity contribution in [3.8, 4) is 5.75 Å². The van der Waals surface area contributed by atoms with E-state index in [1.165, 1.54) is 0 Å². The van der Waals surface area contributed by atoms with Crippen molar-refractivity contribution in [2.24, 2.45) is 0 Å². The maximum atomic E-state index is 11.1. The van der Waals surface area contributed by atoms with Crippen LogP contribution in [-0.4, -0.2) is 16.1 Å². The van der Waals surface area contributed by atoms with E-state index in [0.29, 0.717) is 17.9 Å². The fraction of sp³-hybridized carbons (Fsp3) is 0.375. The number of carbonyl (C=O) groups is 1. The van der Waals surface area contributed by atoms with Crippen molar-refractivity contribution in [2.75, 3.05) is 0 Å². The number of thiazole rings is 1. The highest BCUT2D eigenvalue weighted by molar-refractivity contribution is 7.09. The Bertz CT molecular complexity index is 656. The number of rotatable bonds is 4. The molecule has 5 heteroatoms. The van der Waals surface area contributed by atoms with E-state index in [0.717, 1.165) is 10.7 Å². The Kier molecular flexibility index (Phi) is 4.32. The SMILES string of the molecule is Cc1c(OCc2nc(C(C)(C)C)cs2)cccc1C(=O)O. The maximum absolute atomic E-state index is 11.1. The van der Waals surface area contributed by atoms with Gasteiger partial charge in [0.1, 0.15) is 17.4 Å². The van der Waals surface area contributed by atoms with Crippen LogP contribution in [0.3, 0.4) is 0 Å². The van der Waals surface area contributed by atoms with E-state index in [1.54, 1.807) is 36.5 Å². The average molecular weight is 305 g/mol. The largest absolute Gasteiger partial charge is 0.486 e. The second-order valence-corrected chi connectivity index (χ2v) is 6.84. The first-order valence-corrected chi connectivity index (χ1v) is 7.57. The summed E-state index contributed by atoms with van der Waals surface area (Å²) in [7, 11) is 0. The van der Waals surface area contributed by atoms with Crippen LogP contribution in [0.25, 0.3) is 0 Å². The molecule has 112 valence electrons. The van der Waals surface area contributed by atoms with Crippen molar-refractivity contribution in [1.29, 1.82) is 0 Å². The molecule has 0 saturated carbocycles. The smallest absolute Gasteiger partial charge is 0.336 e. The quantitative estimate of drug-likeness (QED) is 0.926. The van der Waals surface area contributed by atoms with Crippen molar-refractivity contribution in [2.45, 2.75) is 39.7 Å². The van der Waals surface area contributed by atoms with Crippen molar-refractivity contribution < 1.29 is 14.6 Å². The average Bonchev–Trinajstić information content (AvgIpc) is 2.86. The molecule has 0 unspecified atom stereocenters. The van der Waals surface area contributed by atoms with Crippen LogP contribution in [0.1, 0.15) is 47.4 Å². The fourth-order valence-electron chi connectivity index (χ4n) is 1.86. The molecule has 2 rings (SSSR count). The molecule has 1 heterocycles. The van der Waals surface area contributed by atoms with Crippen LogP contribution in [0.2, 0.25) is 0 Å². The van der Waals surface area contributed by atoms with Crippen LogP contribution in [0, 0.1) is 6.92 Å². The Labute approximate surface area is 128 Å². The molecule has 0 amide bonds. The number of aromatic nitrogens is 1. The number of nitrogens with zero attached hydrogens (tertiary/aromatic N) is 1. The normalized spacial score (nSPS) is 11.4. The Morgan fingerprint density at radius 2 is 2.10 bits per heavy atom. The van der Waals surface area contributed by atoms with Gasteiger partial charge in [-0.05, 0) is 19.1 Å². The minimum absolute atomic E-state index is 0.0217. The summed E-state index contributed by atoms with van der Waals surface area (Å²) in [5.41, 5.74) is 1.97. The van der Waals surface area contributed by atoms with Gasteiger partial charge in [0.25, 0.3) is 0 Å². The zero-order valence-corrected chi connectivity index (χ0v) is 13.5. The highest BCUT2D eigenvalue weighted by Crippen LogP contribution is 2.26. The molecule has 21 heavy (non-hydrogen) atoms.